The first-order chi connectivity index (χ1) is 8.89. The Kier molecular flexibility index (Phi) is 3.72. The molecule has 0 bridgehead atoms. The van der Waals surface area contributed by atoms with Crippen molar-refractivity contribution in [3.8, 4) is 5.88 Å². The summed E-state index contributed by atoms with van der Waals surface area (Å²) in [7, 11) is -2.00. The summed E-state index contributed by atoms with van der Waals surface area (Å²) in [6, 6.07) is 3.42. The molecule has 19 heavy (non-hydrogen) atoms. The number of pyridine rings is 1. The average molecular weight is 285 g/mol. The van der Waals surface area contributed by atoms with E-state index in [0.29, 0.717) is 24.7 Å². The topological polar surface area (TPSA) is 79.8 Å². The lowest BCUT2D eigenvalue weighted by atomic mass is 10.3. The molecule has 2 heterocycles. The van der Waals surface area contributed by atoms with Crippen molar-refractivity contribution in [2.24, 2.45) is 0 Å². The summed E-state index contributed by atoms with van der Waals surface area (Å²) in [5.74, 6) is 0.0922. The van der Waals surface area contributed by atoms with Gasteiger partial charge in [0, 0.05) is 13.2 Å². The Morgan fingerprint density at radius 3 is 3.00 bits per heavy atom. The molecule has 104 valence electrons. The van der Waals surface area contributed by atoms with Crippen molar-refractivity contribution in [1.29, 1.82) is 0 Å². The summed E-state index contributed by atoms with van der Waals surface area (Å²) in [4.78, 5) is 17.7. The minimum atomic E-state index is -3.37. The zero-order chi connectivity index (χ0) is 14.0. The minimum Gasteiger partial charge on any atom is -0.474 e. The summed E-state index contributed by atoms with van der Waals surface area (Å²) in [5.41, 5.74) is 0.570. The number of likely N-dealkylation sites (N-methyl/N-ethyl adjacent to an activating group) is 1. The van der Waals surface area contributed by atoms with Gasteiger partial charge in [-0.25, -0.2) is 13.4 Å². The van der Waals surface area contributed by atoms with Gasteiger partial charge in [-0.2, -0.15) is 4.31 Å². The van der Waals surface area contributed by atoms with Crippen LogP contribution >= 0.6 is 0 Å². The highest BCUT2D eigenvalue weighted by molar-refractivity contribution is 7.88. The summed E-state index contributed by atoms with van der Waals surface area (Å²) in [6.45, 7) is 0.528. The summed E-state index contributed by atoms with van der Waals surface area (Å²) in [6.07, 6.45) is 2.64. The van der Waals surface area contributed by atoms with Crippen molar-refractivity contribution in [1.82, 2.24) is 9.29 Å². The SMILES string of the molecule is CN(CC(=O)N1CCOc2ncccc21)S(C)(=O)=O. The number of ether oxygens (including phenoxy) is 1. The van der Waals surface area contributed by atoms with Crippen LogP contribution < -0.4 is 9.64 Å². The first-order valence-corrected chi connectivity index (χ1v) is 7.54. The predicted octanol–water partition coefficient (Wildman–Crippen LogP) is -0.302. The summed E-state index contributed by atoms with van der Waals surface area (Å²) >= 11 is 0. The number of fused-ring (bicyclic) bond motifs is 1. The number of aromatic nitrogens is 1. The van der Waals surface area contributed by atoms with Gasteiger partial charge in [0.15, 0.2) is 0 Å². The zero-order valence-electron chi connectivity index (χ0n) is 10.7. The van der Waals surface area contributed by atoms with E-state index in [1.165, 1.54) is 11.9 Å². The van der Waals surface area contributed by atoms with Crippen LogP contribution in [0.3, 0.4) is 0 Å². The maximum Gasteiger partial charge on any atom is 0.242 e. The molecule has 0 atom stereocenters. The molecule has 1 aromatic rings. The number of hydrogen-bond donors (Lipinski definition) is 0. The van der Waals surface area contributed by atoms with Gasteiger partial charge in [0.25, 0.3) is 0 Å². The summed E-state index contributed by atoms with van der Waals surface area (Å²) < 4.78 is 29.0. The predicted molar refractivity (Wildman–Crippen MR) is 69.6 cm³/mol. The van der Waals surface area contributed by atoms with Crippen LogP contribution in [-0.4, -0.2) is 56.6 Å². The molecule has 1 amide bonds. The number of hydrogen-bond acceptors (Lipinski definition) is 5. The number of nitrogens with zero attached hydrogens (tertiary/aromatic N) is 3. The Balaban J connectivity index is 2.18. The van der Waals surface area contributed by atoms with Crippen molar-refractivity contribution in [2.45, 2.75) is 0 Å². The Morgan fingerprint density at radius 1 is 1.58 bits per heavy atom. The van der Waals surface area contributed by atoms with Gasteiger partial charge in [-0.1, -0.05) is 0 Å². The zero-order valence-corrected chi connectivity index (χ0v) is 11.6. The molecule has 1 aromatic heterocycles. The maximum absolute atomic E-state index is 12.2. The molecule has 7 nitrogen and oxygen atoms in total. The molecule has 0 aliphatic carbocycles. The van der Waals surface area contributed by atoms with Gasteiger partial charge in [-0.3, -0.25) is 4.79 Å². The first-order valence-electron chi connectivity index (χ1n) is 5.69. The molecule has 0 fully saturated rings. The highest BCUT2D eigenvalue weighted by Crippen LogP contribution is 2.28. The van der Waals surface area contributed by atoms with Gasteiger partial charge in [-0.15, -0.1) is 0 Å². The lowest BCUT2D eigenvalue weighted by Crippen LogP contribution is -2.44. The van der Waals surface area contributed by atoms with E-state index in [2.05, 4.69) is 4.98 Å². The highest BCUT2D eigenvalue weighted by atomic mass is 32.2. The number of amides is 1. The largest absolute Gasteiger partial charge is 0.474 e. The average Bonchev–Trinajstić information content (AvgIpc) is 2.36. The van der Waals surface area contributed by atoms with E-state index in [-0.39, 0.29) is 12.5 Å². The van der Waals surface area contributed by atoms with Gasteiger partial charge in [0.2, 0.25) is 21.8 Å². The van der Waals surface area contributed by atoms with E-state index in [0.717, 1.165) is 10.6 Å². The van der Waals surface area contributed by atoms with Gasteiger partial charge >= 0.3 is 0 Å². The number of anilines is 1. The van der Waals surface area contributed by atoms with Crippen molar-refractivity contribution in [3.63, 3.8) is 0 Å². The second kappa shape index (κ2) is 5.14. The Hall–Kier alpha value is -1.67. The highest BCUT2D eigenvalue weighted by Gasteiger charge is 2.26. The molecule has 0 saturated carbocycles. The maximum atomic E-state index is 12.2. The van der Waals surface area contributed by atoms with Gasteiger partial charge < -0.3 is 9.64 Å². The number of carbonyl (C=O) groups is 1. The van der Waals surface area contributed by atoms with Crippen molar-refractivity contribution in [2.75, 3.05) is 37.9 Å². The standard InChI is InChI=1S/C11H15N3O4S/c1-13(19(2,16)17)8-10(15)14-6-7-18-11-9(14)4-3-5-12-11/h3-5H,6-8H2,1-2H3. The minimum absolute atomic E-state index is 0.201. The number of rotatable bonds is 3. The summed E-state index contributed by atoms with van der Waals surface area (Å²) in [5, 5.41) is 0. The lowest BCUT2D eigenvalue weighted by Gasteiger charge is -2.29. The van der Waals surface area contributed by atoms with Crippen LogP contribution in [0, 0.1) is 0 Å². The van der Waals surface area contributed by atoms with Crippen molar-refractivity contribution < 1.29 is 17.9 Å². The van der Waals surface area contributed by atoms with Crippen LogP contribution in [0.25, 0.3) is 0 Å². The van der Waals surface area contributed by atoms with Gasteiger partial charge in [-0.05, 0) is 12.1 Å². The third-order valence-electron chi connectivity index (χ3n) is 2.82. The van der Waals surface area contributed by atoms with E-state index in [1.807, 2.05) is 0 Å². The molecule has 0 saturated heterocycles. The van der Waals surface area contributed by atoms with Crippen molar-refractivity contribution >= 4 is 21.6 Å². The van der Waals surface area contributed by atoms with Crippen LogP contribution in [0.5, 0.6) is 5.88 Å². The molecule has 1 aliphatic rings. The molecular weight excluding hydrogens is 270 g/mol. The fourth-order valence-electron chi connectivity index (χ4n) is 1.71. The van der Waals surface area contributed by atoms with Gasteiger partial charge in [0.05, 0.1) is 19.3 Å². The molecule has 1 aliphatic heterocycles. The Morgan fingerprint density at radius 2 is 2.32 bits per heavy atom. The molecule has 0 N–H and O–H groups in total. The molecule has 0 unspecified atom stereocenters. The van der Waals surface area contributed by atoms with Crippen LogP contribution in [-0.2, 0) is 14.8 Å². The molecule has 8 heteroatoms. The van der Waals surface area contributed by atoms with Crippen LogP contribution in [0.15, 0.2) is 18.3 Å². The first kappa shape index (κ1) is 13.8. The monoisotopic (exact) mass is 285 g/mol. The molecular formula is C11H15N3O4S. The van der Waals surface area contributed by atoms with E-state index in [9.17, 15) is 13.2 Å². The van der Waals surface area contributed by atoms with Crippen LogP contribution in [0.1, 0.15) is 0 Å². The van der Waals surface area contributed by atoms with E-state index in [1.54, 1.807) is 18.3 Å². The Labute approximate surface area is 111 Å². The normalized spacial score (nSPS) is 15.0. The van der Waals surface area contributed by atoms with Crippen molar-refractivity contribution in [3.05, 3.63) is 18.3 Å². The van der Waals surface area contributed by atoms with E-state index < -0.39 is 10.0 Å². The van der Waals surface area contributed by atoms with E-state index >= 15 is 0 Å². The third-order valence-corrected chi connectivity index (χ3v) is 4.08. The third kappa shape index (κ3) is 3.02. The number of carbonyl (C=O) groups excluding carboxylic acids is 1. The Bertz CT molecular complexity index is 587. The van der Waals surface area contributed by atoms with Crippen LogP contribution in [0.2, 0.25) is 0 Å². The van der Waals surface area contributed by atoms with E-state index in [4.69, 9.17) is 4.74 Å². The second-order valence-corrected chi connectivity index (χ2v) is 6.33. The fourth-order valence-corrected chi connectivity index (χ4v) is 2.05. The molecule has 0 spiro atoms. The van der Waals surface area contributed by atoms with Gasteiger partial charge in [0.1, 0.15) is 12.3 Å². The fraction of sp³-hybridized carbons (Fsp3) is 0.455. The van der Waals surface area contributed by atoms with Crippen LogP contribution in [0.4, 0.5) is 5.69 Å². The number of sulfonamides is 1. The molecule has 0 radical (unpaired) electrons. The smallest absolute Gasteiger partial charge is 0.242 e. The quantitative estimate of drug-likeness (QED) is 0.761. The molecule has 0 aromatic carbocycles. The lowest BCUT2D eigenvalue weighted by molar-refractivity contribution is -0.118. The second-order valence-electron chi connectivity index (χ2n) is 4.24. The molecule has 2 rings (SSSR count).